The number of thioether (sulfide) groups is 1. The first kappa shape index (κ1) is 14.1. The van der Waals surface area contributed by atoms with Crippen LogP contribution in [0.25, 0.3) is 0 Å². The fourth-order valence-electron chi connectivity index (χ4n) is 1.38. The quantitative estimate of drug-likeness (QED) is 0.646. The Morgan fingerprint density at radius 3 is 2.71 bits per heavy atom. The Morgan fingerprint density at radius 2 is 2.12 bits per heavy atom. The van der Waals surface area contributed by atoms with Crippen molar-refractivity contribution in [2.75, 3.05) is 12.9 Å². The van der Waals surface area contributed by atoms with Gasteiger partial charge < -0.3 is 10.5 Å². The van der Waals surface area contributed by atoms with Crippen molar-refractivity contribution in [3.63, 3.8) is 0 Å². The average Bonchev–Trinajstić information content (AvgIpc) is 2.32. The van der Waals surface area contributed by atoms with Gasteiger partial charge in [0.25, 0.3) is 0 Å². The molecule has 0 spiro atoms. The predicted octanol–water partition coefficient (Wildman–Crippen LogP) is 2.29. The van der Waals surface area contributed by atoms with Crippen LogP contribution < -0.4 is 5.73 Å². The second-order valence-electron chi connectivity index (χ2n) is 4.01. The van der Waals surface area contributed by atoms with Crippen LogP contribution in [-0.4, -0.2) is 24.9 Å². The van der Waals surface area contributed by atoms with Gasteiger partial charge in [0.2, 0.25) is 0 Å². The molecule has 0 aliphatic heterocycles. The first-order valence-electron chi connectivity index (χ1n) is 5.58. The number of nitrogens with two attached hydrogens (primary N) is 1. The van der Waals surface area contributed by atoms with E-state index in [9.17, 15) is 4.79 Å². The van der Waals surface area contributed by atoms with Crippen molar-refractivity contribution < 1.29 is 9.53 Å². The molecule has 2 N–H and O–H groups in total. The number of hydrogen-bond donors (Lipinski definition) is 1. The normalized spacial score (nSPS) is 12.2. The highest BCUT2D eigenvalue weighted by Crippen LogP contribution is 2.21. The van der Waals surface area contributed by atoms with Crippen molar-refractivity contribution in [2.24, 2.45) is 5.73 Å². The van der Waals surface area contributed by atoms with E-state index in [1.807, 2.05) is 0 Å². The zero-order chi connectivity index (χ0) is 12.8. The van der Waals surface area contributed by atoms with E-state index in [0.717, 1.165) is 5.75 Å². The molecule has 4 heteroatoms. The molecule has 0 amide bonds. The van der Waals surface area contributed by atoms with Crippen molar-refractivity contribution in [1.29, 1.82) is 0 Å². The molecule has 0 heterocycles. The van der Waals surface area contributed by atoms with E-state index in [0.29, 0.717) is 6.42 Å². The van der Waals surface area contributed by atoms with Crippen molar-refractivity contribution in [1.82, 2.24) is 0 Å². The van der Waals surface area contributed by atoms with E-state index in [-0.39, 0.29) is 5.97 Å². The number of esters is 1. The van der Waals surface area contributed by atoms with Gasteiger partial charge in [0.15, 0.2) is 0 Å². The third kappa shape index (κ3) is 4.40. The number of carbonyl (C=O) groups is 1. The Bertz CT molecular complexity index is 393. The highest BCUT2D eigenvalue weighted by molar-refractivity contribution is 7.99. The topological polar surface area (TPSA) is 52.3 Å². The third-order valence-corrected chi connectivity index (χ3v) is 3.71. The van der Waals surface area contributed by atoms with E-state index in [1.54, 1.807) is 11.8 Å². The molecular formula is C13H19NO2S. The van der Waals surface area contributed by atoms with Gasteiger partial charge in [-0.05, 0) is 43.5 Å². The Morgan fingerprint density at radius 1 is 1.41 bits per heavy atom. The molecule has 0 radical (unpaired) electrons. The Labute approximate surface area is 107 Å². The molecule has 0 fully saturated rings. The number of carbonyl (C=O) groups excluding carboxylic acids is 1. The van der Waals surface area contributed by atoms with Gasteiger partial charge in [-0.3, -0.25) is 4.79 Å². The van der Waals surface area contributed by atoms with Crippen LogP contribution in [0.4, 0.5) is 0 Å². The average molecular weight is 253 g/mol. The summed E-state index contributed by atoms with van der Waals surface area (Å²) in [5.41, 5.74) is 8.23. The molecular weight excluding hydrogens is 234 g/mol. The van der Waals surface area contributed by atoms with E-state index in [2.05, 4.69) is 36.8 Å². The minimum absolute atomic E-state index is 0.342. The van der Waals surface area contributed by atoms with Crippen molar-refractivity contribution in [3.8, 4) is 0 Å². The predicted molar refractivity (Wildman–Crippen MR) is 71.2 cm³/mol. The van der Waals surface area contributed by atoms with Gasteiger partial charge in [0, 0.05) is 10.6 Å². The van der Waals surface area contributed by atoms with Gasteiger partial charge in [-0.1, -0.05) is 6.07 Å². The smallest absolute Gasteiger partial charge is 0.322 e. The van der Waals surface area contributed by atoms with Crippen LogP contribution >= 0.6 is 11.8 Å². The maximum Gasteiger partial charge on any atom is 0.322 e. The maximum atomic E-state index is 11.1. The number of benzene rings is 1. The molecule has 0 bridgehead atoms. The van der Waals surface area contributed by atoms with Crippen LogP contribution in [0, 0.1) is 13.8 Å². The summed E-state index contributed by atoms with van der Waals surface area (Å²) >= 11 is 1.71. The molecule has 1 unspecified atom stereocenters. The van der Waals surface area contributed by atoms with Crippen molar-refractivity contribution in [2.45, 2.75) is 31.2 Å². The summed E-state index contributed by atoms with van der Waals surface area (Å²) in [6.07, 6.45) is 0.629. The van der Waals surface area contributed by atoms with Gasteiger partial charge in [-0.15, -0.1) is 11.8 Å². The second-order valence-corrected chi connectivity index (χ2v) is 5.18. The summed E-state index contributed by atoms with van der Waals surface area (Å²) in [4.78, 5) is 12.3. The maximum absolute atomic E-state index is 11.1. The summed E-state index contributed by atoms with van der Waals surface area (Å²) in [5.74, 6) is 0.476. The fourth-order valence-corrected chi connectivity index (χ4v) is 2.41. The summed E-state index contributed by atoms with van der Waals surface area (Å²) < 4.78 is 4.58. The molecule has 17 heavy (non-hydrogen) atoms. The first-order valence-corrected chi connectivity index (χ1v) is 6.56. The van der Waals surface area contributed by atoms with Gasteiger partial charge in [-0.2, -0.15) is 0 Å². The van der Waals surface area contributed by atoms with E-state index in [4.69, 9.17) is 5.73 Å². The largest absolute Gasteiger partial charge is 0.468 e. The van der Waals surface area contributed by atoms with Gasteiger partial charge in [0.05, 0.1) is 7.11 Å². The van der Waals surface area contributed by atoms with Crippen LogP contribution in [0.5, 0.6) is 0 Å². The number of hydrogen-bond acceptors (Lipinski definition) is 4. The van der Waals surface area contributed by atoms with Crippen LogP contribution in [0.2, 0.25) is 0 Å². The number of methoxy groups -OCH3 is 1. The molecule has 94 valence electrons. The number of aryl methyl sites for hydroxylation is 2. The zero-order valence-electron chi connectivity index (χ0n) is 10.5. The lowest BCUT2D eigenvalue weighted by Crippen LogP contribution is -2.31. The summed E-state index contributed by atoms with van der Waals surface area (Å²) in [7, 11) is 1.36. The van der Waals surface area contributed by atoms with Crippen LogP contribution in [-0.2, 0) is 9.53 Å². The lowest BCUT2D eigenvalue weighted by molar-refractivity contribution is -0.142. The van der Waals surface area contributed by atoms with Crippen LogP contribution in [0.15, 0.2) is 23.1 Å². The summed E-state index contributed by atoms with van der Waals surface area (Å²) in [6.45, 7) is 4.19. The molecule has 1 aromatic carbocycles. The minimum Gasteiger partial charge on any atom is -0.468 e. The zero-order valence-corrected chi connectivity index (χ0v) is 11.3. The molecule has 0 aromatic heterocycles. The molecule has 0 saturated heterocycles. The van der Waals surface area contributed by atoms with Crippen LogP contribution in [0.3, 0.4) is 0 Å². The van der Waals surface area contributed by atoms with E-state index in [1.165, 1.54) is 23.1 Å². The highest BCUT2D eigenvalue weighted by atomic mass is 32.2. The fraction of sp³-hybridized carbons (Fsp3) is 0.462. The third-order valence-electron chi connectivity index (χ3n) is 2.68. The van der Waals surface area contributed by atoms with E-state index < -0.39 is 6.04 Å². The minimum atomic E-state index is -0.515. The monoisotopic (exact) mass is 253 g/mol. The molecule has 0 aliphatic rings. The lowest BCUT2D eigenvalue weighted by Gasteiger charge is -2.09. The van der Waals surface area contributed by atoms with Crippen molar-refractivity contribution in [3.05, 3.63) is 29.3 Å². The Hall–Kier alpha value is -1.00. The molecule has 1 rings (SSSR count). The van der Waals surface area contributed by atoms with Gasteiger partial charge in [0.1, 0.15) is 6.04 Å². The SMILES string of the molecule is COC(=O)C(N)CCSc1ccc(C)c(C)c1. The summed E-state index contributed by atoms with van der Waals surface area (Å²) in [6, 6.07) is 5.84. The molecule has 1 atom stereocenters. The number of ether oxygens (including phenoxy) is 1. The van der Waals surface area contributed by atoms with Gasteiger partial charge >= 0.3 is 5.97 Å². The molecule has 0 saturated carbocycles. The van der Waals surface area contributed by atoms with Crippen molar-refractivity contribution >= 4 is 17.7 Å². The molecule has 3 nitrogen and oxygen atoms in total. The number of rotatable bonds is 5. The lowest BCUT2D eigenvalue weighted by atomic mass is 10.1. The standard InChI is InChI=1S/C13H19NO2S/c1-9-4-5-11(8-10(9)2)17-7-6-12(14)13(15)16-3/h4-5,8,12H,6-7,14H2,1-3H3. The molecule has 1 aromatic rings. The highest BCUT2D eigenvalue weighted by Gasteiger charge is 2.12. The van der Waals surface area contributed by atoms with Gasteiger partial charge in [-0.25, -0.2) is 0 Å². The Balaban J connectivity index is 2.40. The first-order chi connectivity index (χ1) is 8.04. The van der Waals surface area contributed by atoms with E-state index >= 15 is 0 Å². The van der Waals surface area contributed by atoms with Crippen LogP contribution in [0.1, 0.15) is 17.5 Å². The Kier molecular flexibility index (Phi) is 5.51. The summed E-state index contributed by atoms with van der Waals surface area (Å²) in [5, 5.41) is 0. The second kappa shape index (κ2) is 6.67. The molecule has 0 aliphatic carbocycles.